The molecule has 15 heavy (non-hydrogen) atoms. The first-order chi connectivity index (χ1) is 7.08. The molecule has 1 nitrogen and oxygen atoms in total. The van der Waals surface area contributed by atoms with Crippen molar-refractivity contribution in [3.8, 4) is 0 Å². The van der Waals surface area contributed by atoms with Crippen LogP contribution in [0.2, 0.25) is 0 Å². The van der Waals surface area contributed by atoms with E-state index in [0.29, 0.717) is 0 Å². The number of nitrogens with two attached hydrogens (primary N) is 1. The number of hydrogen-bond acceptors (Lipinski definition) is 3. The second-order valence-electron chi connectivity index (χ2n) is 3.18. The minimum absolute atomic E-state index is 0.0103. The summed E-state index contributed by atoms with van der Waals surface area (Å²) in [6, 6.07) is 6.21. The Morgan fingerprint density at radius 1 is 1.20 bits per heavy atom. The molecule has 80 valence electrons. The van der Waals surface area contributed by atoms with Gasteiger partial charge in [-0.2, -0.15) is 0 Å². The molecule has 0 saturated carbocycles. The Hall–Kier alpha value is 0.320. The lowest BCUT2D eigenvalue weighted by atomic mass is 10.1. The van der Waals surface area contributed by atoms with E-state index in [4.69, 9.17) is 5.73 Å². The molecule has 0 spiro atoms. The van der Waals surface area contributed by atoms with Crippen LogP contribution in [0.15, 0.2) is 25.8 Å². The zero-order valence-electron chi connectivity index (χ0n) is 7.96. The fourth-order valence-corrected chi connectivity index (χ4v) is 4.62. The highest BCUT2D eigenvalue weighted by Gasteiger charge is 2.15. The molecule has 0 bridgehead atoms. The van der Waals surface area contributed by atoms with Gasteiger partial charge in [-0.3, -0.25) is 0 Å². The first-order valence-corrected chi connectivity index (χ1v) is 7.56. The highest BCUT2D eigenvalue weighted by Crippen LogP contribution is 2.35. The van der Waals surface area contributed by atoms with E-state index in [9.17, 15) is 0 Å². The van der Waals surface area contributed by atoms with Gasteiger partial charge in [-0.05, 0) is 62.5 Å². The minimum Gasteiger partial charge on any atom is -0.320 e. The van der Waals surface area contributed by atoms with Crippen molar-refractivity contribution in [2.45, 2.75) is 13.0 Å². The Balaban J connectivity index is 2.35. The summed E-state index contributed by atoms with van der Waals surface area (Å²) in [5.41, 5.74) is 7.43. The van der Waals surface area contributed by atoms with Gasteiger partial charge in [0.15, 0.2) is 0 Å². The lowest BCUT2D eigenvalue weighted by Gasteiger charge is -2.08. The third-order valence-electron chi connectivity index (χ3n) is 2.16. The van der Waals surface area contributed by atoms with Crippen molar-refractivity contribution in [1.82, 2.24) is 0 Å². The summed E-state index contributed by atoms with van der Waals surface area (Å²) in [7, 11) is 0. The Labute approximate surface area is 114 Å². The molecular weight excluding hydrogens is 358 g/mol. The van der Waals surface area contributed by atoms with Crippen LogP contribution in [-0.4, -0.2) is 0 Å². The molecule has 1 unspecified atom stereocenters. The lowest BCUT2D eigenvalue weighted by Crippen LogP contribution is -2.09. The van der Waals surface area contributed by atoms with Crippen molar-refractivity contribution in [1.29, 1.82) is 0 Å². The van der Waals surface area contributed by atoms with Gasteiger partial charge in [0.2, 0.25) is 0 Å². The normalized spacial score (nSPS) is 13.1. The molecule has 2 heterocycles. The monoisotopic (exact) mass is 365 g/mol. The summed E-state index contributed by atoms with van der Waals surface area (Å²) in [6.07, 6.45) is 0. The molecule has 2 rings (SSSR count). The van der Waals surface area contributed by atoms with Gasteiger partial charge in [-0.25, -0.2) is 0 Å². The highest BCUT2D eigenvalue weighted by molar-refractivity contribution is 9.11. The summed E-state index contributed by atoms with van der Waals surface area (Å²) in [6.45, 7) is 2.10. The topological polar surface area (TPSA) is 26.0 Å². The Kier molecular flexibility index (Phi) is 3.67. The van der Waals surface area contributed by atoms with Gasteiger partial charge in [0.05, 0.1) is 13.6 Å². The molecule has 0 aliphatic heterocycles. The molecule has 0 saturated heterocycles. The minimum atomic E-state index is -0.0103. The summed E-state index contributed by atoms with van der Waals surface area (Å²) < 4.78 is 2.26. The number of rotatable bonds is 2. The maximum Gasteiger partial charge on any atom is 0.0704 e. The highest BCUT2D eigenvalue weighted by atomic mass is 79.9. The average molecular weight is 367 g/mol. The van der Waals surface area contributed by atoms with Crippen molar-refractivity contribution in [2.75, 3.05) is 0 Å². The molecule has 0 radical (unpaired) electrons. The second kappa shape index (κ2) is 4.67. The van der Waals surface area contributed by atoms with Crippen LogP contribution >= 0.6 is 54.5 Å². The second-order valence-corrected chi connectivity index (χ2v) is 8.31. The number of thiophene rings is 2. The smallest absolute Gasteiger partial charge is 0.0704 e. The molecule has 0 amide bonds. The lowest BCUT2D eigenvalue weighted by molar-refractivity contribution is 0.891. The third kappa shape index (κ3) is 2.53. The van der Waals surface area contributed by atoms with E-state index in [1.807, 2.05) is 6.07 Å². The van der Waals surface area contributed by atoms with Gasteiger partial charge in [-0.15, -0.1) is 22.7 Å². The van der Waals surface area contributed by atoms with Crippen LogP contribution in [0, 0.1) is 6.92 Å². The van der Waals surface area contributed by atoms with E-state index in [0.717, 1.165) is 7.57 Å². The van der Waals surface area contributed by atoms with Crippen molar-refractivity contribution in [3.63, 3.8) is 0 Å². The van der Waals surface area contributed by atoms with Crippen molar-refractivity contribution >= 4 is 54.5 Å². The molecule has 1 atom stereocenters. The van der Waals surface area contributed by atoms with Crippen LogP contribution in [-0.2, 0) is 0 Å². The molecule has 0 aliphatic carbocycles. The average Bonchev–Trinajstić information content (AvgIpc) is 2.71. The fourth-order valence-electron chi connectivity index (χ4n) is 1.42. The van der Waals surface area contributed by atoms with Gasteiger partial charge in [0, 0.05) is 9.75 Å². The Bertz CT molecular complexity index is 475. The zero-order valence-corrected chi connectivity index (χ0v) is 12.8. The maximum absolute atomic E-state index is 6.22. The molecule has 0 aliphatic rings. The molecule has 0 fully saturated rings. The molecule has 2 N–H and O–H groups in total. The largest absolute Gasteiger partial charge is 0.320 e. The van der Waals surface area contributed by atoms with Crippen LogP contribution in [0.5, 0.6) is 0 Å². The first kappa shape index (κ1) is 11.8. The predicted molar refractivity (Wildman–Crippen MR) is 74.8 cm³/mol. The van der Waals surface area contributed by atoms with Gasteiger partial charge < -0.3 is 5.73 Å². The van der Waals surface area contributed by atoms with Gasteiger partial charge in [0.25, 0.3) is 0 Å². The molecule has 2 aromatic heterocycles. The van der Waals surface area contributed by atoms with Crippen LogP contribution in [0.3, 0.4) is 0 Å². The van der Waals surface area contributed by atoms with E-state index >= 15 is 0 Å². The maximum atomic E-state index is 6.22. The van der Waals surface area contributed by atoms with E-state index in [-0.39, 0.29) is 6.04 Å². The summed E-state index contributed by atoms with van der Waals surface area (Å²) in [5, 5.41) is 0. The van der Waals surface area contributed by atoms with Crippen LogP contribution in [0.25, 0.3) is 0 Å². The Morgan fingerprint density at radius 3 is 2.40 bits per heavy atom. The van der Waals surface area contributed by atoms with Crippen molar-refractivity contribution in [2.24, 2.45) is 5.73 Å². The Morgan fingerprint density at radius 2 is 1.93 bits per heavy atom. The summed E-state index contributed by atoms with van der Waals surface area (Å²) >= 11 is 10.4. The molecule has 2 aromatic rings. The summed E-state index contributed by atoms with van der Waals surface area (Å²) in [5.74, 6) is 0. The van der Waals surface area contributed by atoms with Crippen LogP contribution < -0.4 is 5.73 Å². The number of aryl methyl sites for hydroxylation is 1. The number of hydrogen-bond donors (Lipinski definition) is 1. The number of halogens is 2. The van der Waals surface area contributed by atoms with E-state index in [1.165, 1.54) is 15.3 Å². The molecule has 0 aromatic carbocycles. The standard InChI is InChI=1S/C10H9Br2NS2/c1-5-6(4-9(12)14-5)10(13)7-2-3-8(11)15-7/h2-4,10H,13H2,1H3. The van der Waals surface area contributed by atoms with E-state index < -0.39 is 0 Å². The fraction of sp³-hybridized carbons (Fsp3) is 0.200. The third-order valence-corrected chi connectivity index (χ3v) is 5.44. The SMILES string of the molecule is Cc1sc(Br)cc1C(N)c1ccc(Br)s1. The van der Waals surface area contributed by atoms with Crippen LogP contribution in [0.1, 0.15) is 21.4 Å². The van der Waals surface area contributed by atoms with Gasteiger partial charge in [-0.1, -0.05) is 0 Å². The van der Waals surface area contributed by atoms with Gasteiger partial charge >= 0.3 is 0 Å². The van der Waals surface area contributed by atoms with Crippen LogP contribution in [0.4, 0.5) is 0 Å². The zero-order chi connectivity index (χ0) is 11.0. The van der Waals surface area contributed by atoms with E-state index in [2.05, 4.69) is 50.9 Å². The van der Waals surface area contributed by atoms with Crippen molar-refractivity contribution in [3.05, 3.63) is 41.1 Å². The first-order valence-electron chi connectivity index (χ1n) is 4.34. The quantitative estimate of drug-likeness (QED) is 0.819. The molecule has 5 heteroatoms. The van der Waals surface area contributed by atoms with E-state index in [1.54, 1.807) is 22.7 Å². The predicted octanol–water partition coefficient (Wildman–Crippen LogP) is 4.69. The van der Waals surface area contributed by atoms with Crippen molar-refractivity contribution < 1.29 is 0 Å². The summed E-state index contributed by atoms with van der Waals surface area (Å²) in [4.78, 5) is 2.47. The van der Waals surface area contributed by atoms with Gasteiger partial charge in [0.1, 0.15) is 0 Å². The molecular formula is C10H9Br2NS2.